The summed E-state index contributed by atoms with van der Waals surface area (Å²) in [5, 5.41) is 8.57. The second-order valence-electron chi connectivity index (χ2n) is 4.44. The van der Waals surface area contributed by atoms with Crippen LogP contribution in [0, 0.1) is 0 Å². The van der Waals surface area contributed by atoms with Gasteiger partial charge in [0.05, 0.1) is 6.20 Å². The van der Waals surface area contributed by atoms with Gasteiger partial charge in [-0.25, -0.2) is 9.17 Å². The molecule has 2 heterocycles. The van der Waals surface area contributed by atoms with Crippen LogP contribution in [0.5, 0.6) is 0 Å². The van der Waals surface area contributed by atoms with Crippen molar-refractivity contribution in [3.05, 3.63) is 34.6 Å². The van der Waals surface area contributed by atoms with E-state index in [0.29, 0.717) is 11.6 Å². The van der Waals surface area contributed by atoms with Gasteiger partial charge in [0.1, 0.15) is 12.3 Å². The molecule has 0 aromatic carbocycles. The SMILES string of the molecule is O=C(OCc1cnsc1)c1[nH]ncc1C1CCC1. The number of carbonyl (C=O) groups excluding carboxylic acids is 1. The largest absolute Gasteiger partial charge is 0.456 e. The minimum absolute atomic E-state index is 0.262. The lowest BCUT2D eigenvalue weighted by Gasteiger charge is -2.24. The van der Waals surface area contributed by atoms with Crippen LogP contribution in [0.25, 0.3) is 0 Å². The first-order valence-electron chi connectivity index (χ1n) is 5.93. The molecule has 18 heavy (non-hydrogen) atoms. The average Bonchev–Trinajstić information content (AvgIpc) is 2.94. The molecule has 0 aliphatic heterocycles. The number of rotatable bonds is 4. The Morgan fingerprint density at radius 1 is 1.50 bits per heavy atom. The zero-order valence-corrected chi connectivity index (χ0v) is 10.6. The normalized spacial score (nSPS) is 15.3. The monoisotopic (exact) mass is 263 g/mol. The smallest absolute Gasteiger partial charge is 0.356 e. The second-order valence-corrected chi connectivity index (χ2v) is 5.09. The van der Waals surface area contributed by atoms with Crippen LogP contribution < -0.4 is 0 Å². The Bertz CT molecular complexity index is 531. The van der Waals surface area contributed by atoms with Gasteiger partial charge < -0.3 is 4.74 Å². The summed E-state index contributed by atoms with van der Waals surface area (Å²) in [4.78, 5) is 12.0. The number of aromatic nitrogens is 3. The maximum Gasteiger partial charge on any atom is 0.356 e. The van der Waals surface area contributed by atoms with E-state index in [0.717, 1.165) is 24.0 Å². The van der Waals surface area contributed by atoms with E-state index >= 15 is 0 Å². The summed E-state index contributed by atoms with van der Waals surface area (Å²) in [6, 6.07) is 0. The lowest BCUT2D eigenvalue weighted by molar-refractivity contribution is 0.0463. The standard InChI is InChI=1S/C12H13N3O2S/c16-12(17-6-8-4-14-18-7-8)11-10(5-13-15-11)9-2-1-3-9/h4-5,7,9H,1-3,6H2,(H,13,15). The summed E-state index contributed by atoms with van der Waals surface area (Å²) in [7, 11) is 0. The third-order valence-corrected chi connectivity index (χ3v) is 3.91. The van der Waals surface area contributed by atoms with Crippen LogP contribution in [0.15, 0.2) is 17.8 Å². The number of aromatic amines is 1. The zero-order chi connectivity index (χ0) is 12.4. The average molecular weight is 263 g/mol. The van der Waals surface area contributed by atoms with E-state index in [1.807, 2.05) is 5.38 Å². The van der Waals surface area contributed by atoms with Crippen molar-refractivity contribution >= 4 is 17.5 Å². The molecule has 2 aromatic rings. The van der Waals surface area contributed by atoms with Gasteiger partial charge in [0.15, 0.2) is 0 Å². The van der Waals surface area contributed by atoms with Crippen LogP contribution in [0.4, 0.5) is 0 Å². The van der Waals surface area contributed by atoms with Gasteiger partial charge in [0, 0.05) is 22.7 Å². The Morgan fingerprint density at radius 3 is 3.06 bits per heavy atom. The Kier molecular flexibility index (Phi) is 3.10. The van der Waals surface area contributed by atoms with E-state index in [1.54, 1.807) is 12.4 Å². The molecule has 0 saturated heterocycles. The van der Waals surface area contributed by atoms with E-state index in [1.165, 1.54) is 18.0 Å². The topological polar surface area (TPSA) is 67.9 Å². The van der Waals surface area contributed by atoms with Gasteiger partial charge in [-0.1, -0.05) is 6.42 Å². The maximum absolute atomic E-state index is 12.0. The number of nitrogens with one attached hydrogen (secondary N) is 1. The molecule has 0 amide bonds. The number of carbonyl (C=O) groups is 1. The number of ether oxygens (including phenoxy) is 1. The first-order chi connectivity index (χ1) is 8.84. The molecule has 0 bridgehead atoms. The summed E-state index contributed by atoms with van der Waals surface area (Å²) in [5.41, 5.74) is 2.41. The van der Waals surface area contributed by atoms with E-state index in [9.17, 15) is 4.79 Å². The molecule has 0 radical (unpaired) electrons. The third-order valence-electron chi connectivity index (χ3n) is 3.27. The highest BCUT2D eigenvalue weighted by Gasteiger charge is 2.26. The summed E-state index contributed by atoms with van der Waals surface area (Å²) in [5.74, 6) is 0.134. The lowest BCUT2D eigenvalue weighted by Crippen LogP contribution is -2.14. The van der Waals surface area contributed by atoms with E-state index in [4.69, 9.17) is 4.74 Å². The Balaban J connectivity index is 1.66. The van der Waals surface area contributed by atoms with Crippen molar-refractivity contribution in [2.24, 2.45) is 0 Å². The predicted molar refractivity (Wildman–Crippen MR) is 66.4 cm³/mol. The number of esters is 1. The molecule has 3 rings (SSSR count). The maximum atomic E-state index is 12.0. The molecule has 6 heteroatoms. The molecule has 1 fully saturated rings. The quantitative estimate of drug-likeness (QED) is 0.860. The van der Waals surface area contributed by atoms with E-state index in [-0.39, 0.29) is 12.6 Å². The zero-order valence-electron chi connectivity index (χ0n) is 9.76. The van der Waals surface area contributed by atoms with Crippen LogP contribution >= 0.6 is 11.5 Å². The fraction of sp³-hybridized carbons (Fsp3) is 0.417. The van der Waals surface area contributed by atoms with Gasteiger partial charge in [-0.05, 0) is 30.3 Å². The van der Waals surface area contributed by atoms with Gasteiger partial charge in [-0.3, -0.25) is 5.10 Å². The fourth-order valence-corrected chi connectivity index (χ4v) is 2.53. The molecule has 1 aliphatic carbocycles. The summed E-state index contributed by atoms with van der Waals surface area (Å²) >= 11 is 1.35. The highest BCUT2D eigenvalue weighted by Crippen LogP contribution is 2.37. The Hall–Kier alpha value is -1.69. The molecule has 1 N–H and O–H groups in total. The molecule has 1 aliphatic rings. The summed E-state index contributed by atoms with van der Waals surface area (Å²) in [6.45, 7) is 0.262. The first-order valence-corrected chi connectivity index (χ1v) is 6.77. The molecule has 0 atom stereocenters. The van der Waals surface area contributed by atoms with Crippen LogP contribution in [0.3, 0.4) is 0 Å². The minimum atomic E-state index is -0.333. The molecule has 1 saturated carbocycles. The molecule has 94 valence electrons. The van der Waals surface area contributed by atoms with Crippen LogP contribution in [0.2, 0.25) is 0 Å². The highest BCUT2D eigenvalue weighted by atomic mass is 32.1. The number of H-pyrrole nitrogens is 1. The van der Waals surface area contributed by atoms with Crippen LogP contribution in [-0.2, 0) is 11.3 Å². The molecule has 0 spiro atoms. The molecular weight excluding hydrogens is 250 g/mol. The minimum Gasteiger partial charge on any atom is -0.456 e. The van der Waals surface area contributed by atoms with Crippen molar-refractivity contribution in [3.8, 4) is 0 Å². The second kappa shape index (κ2) is 4.89. The number of nitrogens with zero attached hydrogens (tertiary/aromatic N) is 2. The Labute approximate surface area is 108 Å². The Morgan fingerprint density at radius 2 is 2.39 bits per heavy atom. The third kappa shape index (κ3) is 2.15. The predicted octanol–water partition coefficient (Wildman–Crippen LogP) is 2.49. The molecule has 0 unspecified atom stereocenters. The molecule has 5 nitrogen and oxygen atoms in total. The highest BCUT2D eigenvalue weighted by molar-refractivity contribution is 7.03. The van der Waals surface area contributed by atoms with Gasteiger partial charge in [0.25, 0.3) is 0 Å². The van der Waals surface area contributed by atoms with Crippen molar-refractivity contribution < 1.29 is 9.53 Å². The van der Waals surface area contributed by atoms with Crippen molar-refractivity contribution in [2.45, 2.75) is 31.8 Å². The van der Waals surface area contributed by atoms with Crippen LogP contribution in [0.1, 0.15) is 46.8 Å². The number of hydrogen-bond donors (Lipinski definition) is 1. The van der Waals surface area contributed by atoms with Crippen molar-refractivity contribution in [1.82, 2.24) is 14.6 Å². The van der Waals surface area contributed by atoms with Crippen molar-refractivity contribution in [1.29, 1.82) is 0 Å². The number of hydrogen-bond acceptors (Lipinski definition) is 5. The summed E-state index contributed by atoms with van der Waals surface area (Å²) in [6.07, 6.45) is 6.94. The van der Waals surface area contributed by atoms with E-state index < -0.39 is 0 Å². The van der Waals surface area contributed by atoms with Crippen LogP contribution in [-0.4, -0.2) is 20.5 Å². The van der Waals surface area contributed by atoms with Gasteiger partial charge in [-0.15, -0.1) is 0 Å². The fourth-order valence-electron chi connectivity index (χ4n) is 2.01. The van der Waals surface area contributed by atoms with Crippen molar-refractivity contribution in [3.63, 3.8) is 0 Å². The van der Waals surface area contributed by atoms with Gasteiger partial charge in [0.2, 0.25) is 0 Å². The lowest BCUT2D eigenvalue weighted by atomic mass is 9.80. The van der Waals surface area contributed by atoms with Gasteiger partial charge >= 0.3 is 5.97 Å². The molecule has 2 aromatic heterocycles. The molecular formula is C12H13N3O2S. The first kappa shape index (κ1) is 11.4. The van der Waals surface area contributed by atoms with Crippen molar-refractivity contribution in [2.75, 3.05) is 0 Å². The summed E-state index contributed by atoms with van der Waals surface area (Å²) < 4.78 is 9.21. The van der Waals surface area contributed by atoms with Gasteiger partial charge in [-0.2, -0.15) is 5.10 Å². The van der Waals surface area contributed by atoms with E-state index in [2.05, 4.69) is 14.6 Å².